The van der Waals surface area contributed by atoms with Gasteiger partial charge in [-0.2, -0.15) is 0 Å². The van der Waals surface area contributed by atoms with Crippen molar-refractivity contribution in [2.45, 2.75) is 12.5 Å². The van der Waals surface area contributed by atoms with Crippen LogP contribution in [0.15, 0.2) is 59.7 Å². The van der Waals surface area contributed by atoms with Gasteiger partial charge in [0.05, 0.1) is 13.7 Å². The SMILES string of the molecule is COc1cc([C@H](Nc2ccc(C(=N)N)cc2)c2nn(-c3ncccn3)c(=O)[nH]2)cc2c1OCC2. The number of rotatable bonds is 7. The molecule has 4 aromatic rings. The van der Waals surface area contributed by atoms with Crippen molar-refractivity contribution >= 4 is 11.5 Å². The van der Waals surface area contributed by atoms with E-state index in [4.69, 9.17) is 20.6 Å². The van der Waals surface area contributed by atoms with E-state index in [1.54, 1.807) is 37.7 Å². The summed E-state index contributed by atoms with van der Waals surface area (Å²) in [6.45, 7) is 0.580. The van der Waals surface area contributed by atoms with Crippen LogP contribution in [-0.4, -0.2) is 44.3 Å². The molecule has 11 heteroatoms. The minimum Gasteiger partial charge on any atom is -0.493 e. The Bertz CT molecular complexity index is 1400. The molecule has 2 aromatic heterocycles. The van der Waals surface area contributed by atoms with Crippen LogP contribution in [-0.2, 0) is 6.42 Å². The predicted octanol–water partition coefficient (Wildman–Crippen LogP) is 1.78. The molecule has 0 bridgehead atoms. The molecule has 0 amide bonds. The van der Waals surface area contributed by atoms with E-state index < -0.39 is 11.7 Å². The van der Waals surface area contributed by atoms with Crippen LogP contribution in [0.25, 0.3) is 5.95 Å². The van der Waals surface area contributed by atoms with Crippen LogP contribution < -0.4 is 26.2 Å². The van der Waals surface area contributed by atoms with Crippen LogP contribution in [0, 0.1) is 5.41 Å². The van der Waals surface area contributed by atoms with Gasteiger partial charge in [0.25, 0.3) is 5.95 Å². The van der Waals surface area contributed by atoms with Gasteiger partial charge in [0.2, 0.25) is 0 Å². The number of aromatic amines is 1. The summed E-state index contributed by atoms with van der Waals surface area (Å²) in [5.41, 5.74) is 8.31. The van der Waals surface area contributed by atoms with Crippen LogP contribution >= 0.6 is 0 Å². The molecule has 0 aliphatic carbocycles. The van der Waals surface area contributed by atoms with Crippen molar-refractivity contribution < 1.29 is 9.47 Å². The molecule has 5 N–H and O–H groups in total. The quantitative estimate of drug-likeness (QED) is 0.241. The minimum atomic E-state index is -0.541. The molecule has 0 saturated carbocycles. The minimum absolute atomic E-state index is 0.0163. The maximum absolute atomic E-state index is 12.7. The molecule has 1 aliphatic heterocycles. The molecule has 11 nitrogen and oxygen atoms in total. The van der Waals surface area contributed by atoms with Gasteiger partial charge >= 0.3 is 5.69 Å². The zero-order valence-electron chi connectivity index (χ0n) is 18.3. The molecule has 1 aliphatic rings. The molecule has 0 saturated heterocycles. The second-order valence-corrected chi connectivity index (χ2v) is 7.65. The van der Waals surface area contributed by atoms with Gasteiger partial charge in [0.1, 0.15) is 11.9 Å². The van der Waals surface area contributed by atoms with Crippen molar-refractivity contribution in [2.24, 2.45) is 5.73 Å². The maximum atomic E-state index is 12.7. The van der Waals surface area contributed by atoms with Crippen molar-refractivity contribution in [2.75, 3.05) is 19.0 Å². The first-order valence-corrected chi connectivity index (χ1v) is 10.5. The van der Waals surface area contributed by atoms with Gasteiger partial charge < -0.3 is 20.5 Å². The number of nitrogen functional groups attached to an aromatic ring is 1. The first-order chi connectivity index (χ1) is 16.5. The highest BCUT2D eigenvalue weighted by molar-refractivity contribution is 5.95. The third-order valence-corrected chi connectivity index (χ3v) is 5.48. The van der Waals surface area contributed by atoms with Gasteiger partial charge in [-0.25, -0.2) is 14.8 Å². The summed E-state index contributed by atoms with van der Waals surface area (Å²) in [5, 5.41) is 15.5. The number of nitrogens with two attached hydrogens (primary N) is 1. The number of hydrogen-bond acceptors (Lipinski definition) is 8. The average Bonchev–Trinajstić information content (AvgIpc) is 3.49. The number of amidine groups is 1. The van der Waals surface area contributed by atoms with E-state index >= 15 is 0 Å². The Morgan fingerprint density at radius 2 is 2.03 bits per heavy atom. The summed E-state index contributed by atoms with van der Waals surface area (Å²) < 4.78 is 12.4. The van der Waals surface area contributed by atoms with E-state index in [1.165, 1.54) is 0 Å². The molecular formula is C23H22N8O3. The van der Waals surface area contributed by atoms with Crippen LogP contribution in [0.4, 0.5) is 5.69 Å². The zero-order chi connectivity index (χ0) is 23.7. The number of H-pyrrole nitrogens is 1. The number of aromatic nitrogens is 5. The van der Waals surface area contributed by atoms with Crippen molar-refractivity contribution in [3.05, 3.63) is 87.9 Å². The number of ether oxygens (including phenoxy) is 2. The number of methoxy groups -OCH3 is 1. The van der Waals surface area contributed by atoms with E-state index in [2.05, 4.69) is 25.4 Å². The van der Waals surface area contributed by atoms with E-state index in [0.717, 1.165) is 33.7 Å². The Morgan fingerprint density at radius 1 is 1.26 bits per heavy atom. The van der Waals surface area contributed by atoms with Gasteiger partial charge in [-0.3, -0.25) is 10.4 Å². The fourth-order valence-electron chi connectivity index (χ4n) is 3.84. The normalized spacial score (nSPS) is 13.1. The van der Waals surface area contributed by atoms with Crippen molar-refractivity contribution in [1.29, 1.82) is 5.41 Å². The first kappa shape index (κ1) is 21.2. The molecule has 1 atom stereocenters. The van der Waals surface area contributed by atoms with Crippen molar-refractivity contribution in [3.8, 4) is 17.4 Å². The summed E-state index contributed by atoms with van der Waals surface area (Å²) >= 11 is 0. The highest BCUT2D eigenvalue weighted by Crippen LogP contribution is 2.39. The van der Waals surface area contributed by atoms with Crippen LogP contribution in [0.3, 0.4) is 0 Å². The highest BCUT2D eigenvalue weighted by atomic mass is 16.5. The van der Waals surface area contributed by atoms with Gasteiger partial charge in [0, 0.05) is 35.6 Å². The largest absolute Gasteiger partial charge is 0.493 e. The molecule has 0 fully saturated rings. The Kier molecular flexibility index (Phi) is 5.42. The lowest BCUT2D eigenvalue weighted by Gasteiger charge is -2.20. The Hall–Kier alpha value is -4.67. The number of benzene rings is 2. The van der Waals surface area contributed by atoms with E-state index in [9.17, 15) is 4.79 Å². The summed E-state index contributed by atoms with van der Waals surface area (Å²) in [7, 11) is 1.59. The lowest BCUT2D eigenvalue weighted by atomic mass is 10.0. The molecule has 5 rings (SSSR count). The van der Waals surface area contributed by atoms with E-state index in [0.29, 0.717) is 23.7 Å². The topological polar surface area (TPSA) is 157 Å². The third-order valence-electron chi connectivity index (χ3n) is 5.48. The molecule has 0 radical (unpaired) electrons. The average molecular weight is 458 g/mol. The fraction of sp³-hybridized carbons (Fsp3) is 0.174. The van der Waals surface area contributed by atoms with Gasteiger partial charge in [0.15, 0.2) is 17.3 Å². The monoisotopic (exact) mass is 458 g/mol. The van der Waals surface area contributed by atoms with E-state index in [1.807, 2.05) is 24.3 Å². The van der Waals surface area contributed by atoms with Crippen molar-refractivity contribution in [1.82, 2.24) is 24.7 Å². The second kappa shape index (κ2) is 8.70. The second-order valence-electron chi connectivity index (χ2n) is 7.65. The number of nitrogens with one attached hydrogen (secondary N) is 3. The van der Waals surface area contributed by atoms with Crippen LogP contribution in [0.2, 0.25) is 0 Å². The Labute approximate surface area is 194 Å². The van der Waals surface area contributed by atoms with Gasteiger partial charge in [-0.05, 0) is 48.0 Å². The maximum Gasteiger partial charge on any atom is 0.350 e. The number of hydrogen-bond donors (Lipinski definition) is 4. The summed E-state index contributed by atoms with van der Waals surface area (Å²) in [4.78, 5) is 23.8. The van der Waals surface area contributed by atoms with Gasteiger partial charge in [-0.15, -0.1) is 9.78 Å². The molecule has 2 aromatic carbocycles. The van der Waals surface area contributed by atoms with Crippen LogP contribution in [0.5, 0.6) is 11.5 Å². The molecule has 172 valence electrons. The zero-order valence-corrected chi connectivity index (χ0v) is 18.3. The number of nitrogens with zero attached hydrogens (tertiary/aromatic N) is 4. The molecule has 0 unspecified atom stereocenters. The number of anilines is 1. The highest BCUT2D eigenvalue weighted by Gasteiger charge is 2.26. The molecule has 3 heterocycles. The molecular weight excluding hydrogens is 436 g/mol. The first-order valence-electron chi connectivity index (χ1n) is 10.5. The standard InChI is InChI=1S/C23H22N8O3/c1-33-17-12-15(11-14-7-10-34-19(14)17)18(28-16-5-3-13(4-6-16)20(24)25)21-29-23(32)31(30-21)22-26-8-2-9-27-22/h2-6,8-9,11-12,18,28H,7,10H2,1H3,(H3,24,25)(H,29,30,32)/t18-/m0/s1. The predicted molar refractivity (Wildman–Crippen MR) is 125 cm³/mol. The Balaban J connectivity index is 1.60. The van der Waals surface area contributed by atoms with Crippen LogP contribution in [0.1, 0.15) is 28.6 Å². The lowest BCUT2D eigenvalue weighted by molar-refractivity contribution is 0.326. The summed E-state index contributed by atoms with van der Waals surface area (Å²) in [6, 6.07) is 12.1. The van der Waals surface area contributed by atoms with E-state index in [-0.39, 0.29) is 11.8 Å². The number of fused-ring (bicyclic) bond motifs is 1. The molecule has 34 heavy (non-hydrogen) atoms. The van der Waals surface area contributed by atoms with Gasteiger partial charge in [-0.1, -0.05) is 0 Å². The molecule has 0 spiro atoms. The van der Waals surface area contributed by atoms with Crippen molar-refractivity contribution in [3.63, 3.8) is 0 Å². The third kappa shape index (κ3) is 3.94. The summed E-state index contributed by atoms with van der Waals surface area (Å²) in [5.74, 6) is 1.86. The smallest absolute Gasteiger partial charge is 0.350 e. The Morgan fingerprint density at radius 3 is 2.74 bits per heavy atom. The summed E-state index contributed by atoms with van der Waals surface area (Å²) in [6.07, 6.45) is 3.84. The lowest BCUT2D eigenvalue weighted by Crippen LogP contribution is -2.18. The fourth-order valence-corrected chi connectivity index (χ4v) is 3.84.